The van der Waals surface area contributed by atoms with Crippen molar-refractivity contribution in [2.45, 2.75) is 60.2 Å². The van der Waals surface area contributed by atoms with Crippen LogP contribution in [0.1, 0.15) is 52.4 Å². The number of ether oxygens (including phenoxy) is 2. The standard InChI is InChI=1S/2C17H22N4O/c1-10(2)9-21-15-12-7-5-6-8-13(12)19-16(18)14(15)20-17(21)11(3)22-4;1-11(2)10-21-14(8-9-22-3)20-15-16(21)12-6-4-5-7-13(12)19-17(15)18/h5-8,10-11H,9H2,1-4H3,(H2,18,19);4-7,11H,8-10H2,1-3H3,(H2,18,19). The largest absolute Gasteiger partial charge is 0.384 e. The lowest BCUT2D eigenvalue weighted by Gasteiger charge is -2.16. The van der Waals surface area contributed by atoms with E-state index in [1.807, 2.05) is 43.3 Å². The summed E-state index contributed by atoms with van der Waals surface area (Å²) in [5.41, 5.74) is 17.8. The molecule has 0 aliphatic carbocycles. The summed E-state index contributed by atoms with van der Waals surface area (Å²) in [6, 6.07) is 16.1. The van der Waals surface area contributed by atoms with Crippen LogP contribution in [0.25, 0.3) is 43.9 Å². The molecule has 44 heavy (non-hydrogen) atoms. The maximum atomic E-state index is 6.15. The zero-order valence-corrected chi connectivity index (χ0v) is 26.8. The highest BCUT2D eigenvalue weighted by atomic mass is 16.5. The molecule has 0 amide bonds. The Balaban J connectivity index is 0.000000175. The fraction of sp³-hybridized carbons (Fsp3) is 0.412. The summed E-state index contributed by atoms with van der Waals surface area (Å²) in [5.74, 6) is 3.89. The van der Waals surface area contributed by atoms with Crippen molar-refractivity contribution in [2.24, 2.45) is 11.8 Å². The van der Waals surface area contributed by atoms with E-state index in [4.69, 9.17) is 30.9 Å². The average Bonchev–Trinajstić information content (AvgIpc) is 3.55. The van der Waals surface area contributed by atoms with E-state index in [0.717, 1.165) is 75.0 Å². The Bertz CT molecular complexity index is 1910. The first-order chi connectivity index (χ1) is 21.1. The minimum absolute atomic E-state index is 0.0932. The van der Waals surface area contributed by atoms with E-state index >= 15 is 0 Å². The van der Waals surface area contributed by atoms with Gasteiger partial charge >= 0.3 is 0 Å². The second-order valence-corrected chi connectivity index (χ2v) is 12.1. The van der Waals surface area contributed by atoms with Crippen molar-refractivity contribution in [1.29, 1.82) is 0 Å². The van der Waals surface area contributed by atoms with Crippen LogP contribution in [0, 0.1) is 11.8 Å². The maximum absolute atomic E-state index is 6.15. The summed E-state index contributed by atoms with van der Waals surface area (Å²) in [6.45, 7) is 13.2. The van der Waals surface area contributed by atoms with Crippen molar-refractivity contribution < 1.29 is 9.47 Å². The summed E-state index contributed by atoms with van der Waals surface area (Å²) in [7, 11) is 3.41. The van der Waals surface area contributed by atoms with Crippen LogP contribution >= 0.6 is 0 Å². The molecule has 0 saturated carbocycles. The van der Waals surface area contributed by atoms with Gasteiger partial charge in [0.25, 0.3) is 0 Å². The number of methoxy groups -OCH3 is 2. The van der Waals surface area contributed by atoms with Gasteiger partial charge < -0.3 is 30.1 Å². The van der Waals surface area contributed by atoms with Gasteiger partial charge in [-0.05, 0) is 30.9 Å². The quantitative estimate of drug-likeness (QED) is 0.192. The molecule has 6 rings (SSSR count). The summed E-state index contributed by atoms with van der Waals surface area (Å²) >= 11 is 0. The molecule has 0 spiro atoms. The summed E-state index contributed by atoms with van der Waals surface area (Å²) in [5, 5.41) is 2.18. The molecule has 10 heteroatoms. The molecule has 0 radical (unpaired) electrons. The number of hydrogen-bond donors (Lipinski definition) is 2. The van der Waals surface area contributed by atoms with Gasteiger partial charge in [0.2, 0.25) is 0 Å². The van der Waals surface area contributed by atoms with E-state index in [2.05, 4.69) is 58.9 Å². The lowest BCUT2D eigenvalue weighted by Crippen LogP contribution is -2.12. The first kappa shape index (κ1) is 31.2. The van der Waals surface area contributed by atoms with Gasteiger partial charge in [-0.3, -0.25) is 0 Å². The van der Waals surface area contributed by atoms with Gasteiger partial charge in [0.15, 0.2) is 11.6 Å². The Kier molecular flexibility index (Phi) is 9.31. The molecule has 4 aromatic heterocycles. The van der Waals surface area contributed by atoms with Gasteiger partial charge in [0.05, 0.1) is 28.7 Å². The number of para-hydroxylation sites is 2. The Morgan fingerprint density at radius 2 is 1.18 bits per heavy atom. The van der Waals surface area contributed by atoms with Gasteiger partial charge in [-0.25, -0.2) is 19.9 Å². The first-order valence-electron chi connectivity index (χ1n) is 15.2. The minimum atomic E-state index is -0.0932. The molecule has 6 aromatic rings. The van der Waals surface area contributed by atoms with Crippen molar-refractivity contribution in [1.82, 2.24) is 29.1 Å². The Hall–Kier alpha value is -4.28. The Morgan fingerprint density at radius 3 is 1.70 bits per heavy atom. The number of rotatable bonds is 9. The molecule has 10 nitrogen and oxygen atoms in total. The highest BCUT2D eigenvalue weighted by Gasteiger charge is 2.21. The molecule has 0 aliphatic heterocycles. The van der Waals surface area contributed by atoms with E-state index in [1.165, 1.54) is 0 Å². The number of benzene rings is 2. The van der Waals surface area contributed by atoms with Gasteiger partial charge in [0.1, 0.15) is 28.8 Å². The molecule has 232 valence electrons. The fourth-order valence-electron chi connectivity index (χ4n) is 5.69. The van der Waals surface area contributed by atoms with Crippen LogP contribution in [0.4, 0.5) is 11.6 Å². The molecule has 0 saturated heterocycles. The smallest absolute Gasteiger partial charge is 0.152 e. The van der Waals surface area contributed by atoms with Crippen molar-refractivity contribution in [2.75, 3.05) is 32.3 Å². The van der Waals surface area contributed by atoms with Crippen LogP contribution < -0.4 is 11.5 Å². The lowest BCUT2D eigenvalue weighted by molar-refractivity contribution is 0.108. The lowest BCUT2D eigenvalue weighted by atomic mass is 10.1. The van der Waals surface area contributed by atoms with Gasteiger partial charge in [-0.2, -0.15) is 0 Å². The second kappa shape index (κ2) is 13.2. The van der Waals surface area contributed by atoms with E-state index < -0.39 is 0 Å². The number of aromatic nitrogens is 6. The highest BCUT2D eigenvalue weighted by Crippen LogP contribution is 2.32. The van der Waals surface area contributed by atoms with E-state index in [9.17, 15) is 0 Å². The van der Waals surface area contributed by atoms with Gasteiger partial charge in [0, 0.05) is 44.5 Å². The van der Waals surface area contributed by atoms with Crippen LogP contribution in [0.2, 0.25) is 0 Å². The number of hydrogen-bond acceptors (Lipinski definition) is 8. The summed E-state index contributed by atoms with van der Waals surface area (Å²) in [6.07, 6.45) is 0.676. The number of nitrogens with zero attached hydrogens (tertiary/aromatic N) is 6. The predicted molar refractivity (Wildman–Crippen MR) is 180 cm³/mol. The number of nitrogens with two attached hydrogens (primary N) is 2. The number of nitrogen functional groups attached to an aromatic ring is 2. The second-order valence-electron chi connectivity index (χ2n) is 12.1. The van der Waals surface area contributed by atoms with Crippen molar-refractivity contribution in [3.8, 4) is 0 Å². The van der Waals surface area contributed by atoms with Gasteiger partial charge in [-0.15, -0.1) is 0 Å². The average molecular weight is 597 g/mol. The van der Waals surface area contributed by atoms with E-state index in [0.29, 0.717) is 30.1 Å². The molecule has 4 N–H and O–H groups in total. The zero-order chi connectivity index (χ0) is 31.5. The molecule has 2 aromatic carbocycles. The van der Waals surface area contributed by atoms with Crippen LogP contribution in [0.5, 0.6) is 0 Å². The number of anilines is 2. The monoisotopic (exact) mass is 596 g/mol. The maximum Gasteiger partial charge on any atom is 0.152 e. The molecular weight excluding hydrogens is 552 g/mol. The van der Waals surface area contributed by atoms with Crippen LogP contribution in [0.3, 0.4) is 0 Å². The van der Waals surface area contributed by atoms with Gasteiger partial charge in [-0.1, -0.05) is 64.1 Å². The summed E-state index contributed by atoms with van der Waals surface area (Å²) < 4.78 is 15.2. The molecule has 0 bridgehead atoms. The topological polar surface area (TPSA) is 132 Å². The molecule has 4 heterocycles. The Labute approximate surface area is 258 Å². The van der Waals surface area contributed by atoms with E-state index in [-0.39, 0.29) is 6.10 Å². The van der Waals surface area contributed by atoms with Crippen molar-refractivity contribution in [3.05, 3.63) is 60.2 Å². The van der Waals surface area contributed by atoms with Crippen molar-refractivity contribution >= 4 is 55.5 Å². The predicted octanol–water partition coefficient (Wildman–Crippen LogP) is 6.54. The van der Waals surface area contributed by atoms with Crippen LogP contribution in [-0.2, 0) is 29.0 Å². The zero-order valence-electron chi connectivity index (χ0n) is 26.8. The molecule has 0 fully saturated rings. The molecule has 1 atom stereocenters. The first-order valence-corrected chi connectivity index (χ1v) is 15.2. The van der Waals surface area contributed by atoms with Crippen molar-refractivity contribution in [3.63, 3.8) is 0 Å². The van der Waals surface area contributed by atoms with Crippen LogP contribution in [0.15, 0.2) is 48.5 Å². The number of fused-ring (bicyclic) bond motifs is 6. The third kappa shape index (κ3) is 6.05. The number of imidazole rings is 2. The molecule has 1 unspecified atom stereocenters. The van der Waals surface area contributed by atoms with E-state index in [1.54, 1.807) is 14.2 Å². The van der Waals surface area contributed by atoms with Crippen LogP contribution in [-0.4, -0.2) is 49.9 Å². The third-order valence-electron chi connectivity index (χ3n) is 7.67. The normalized spacial score (nSPS) is 12.6. The Morgan fingerprint density at radius 1 is 0.682 bits per heavy atom. The number of pyridine rings is 2. The minimum Gasteiger partial charge on any atom is -0.384 e. The summed E-state index contributed by atoms with van der Waals surface area (Å²) in [4.78, 5) is 18.5. The molecular formula is C34H44N8O2. The highest BCUT2D eigenvalue weighted by molar-refractivity contribution is 6.07. The third-order valence-corrected chi connectivity index (χ3v) is 7.67. The fourth-order valence-corrected chi connectivity index (χ4v) is 5.69. The molecule has 0 aliphatic rings. The SMILES string of the molecule is COC(C)c1nc2c(N)nc3ccccc3c2n1CC(C)C.COCCc1nc2c(N)nc3ccccc3c2n1CC(C)C.